The molecule has 5 heteroatoms. The van der Waals surface area contributed by atoms with E-state index >= 15 is 0 Å². The predicted molar refractivity (Wildman–Crippen MR) is 104 cm³/mol. The van der Waals surface area contributed by atoms with Gasteiger partial charge in [0.2, 0.25) is 0 Å². The van der Waals surface area contributed by atoms with E-state index in [2.05, 4.69) is 35.1 Å². The molecule has 3 aromatic rings. The second kappa shape index (κ2) is 7.33. The minimum Gasteiger partial charge on any atom is -0.447 e. The number of fused-ring (bicyclic) bond motifs is 3. The van der Waals surface area contributed by atoms with Gasteiger partial charge in [0.25, 0.3) is 0 Å². The number of nitrogens with one attached hydrogen (secondary N) is 2. The summed E-state index contributed by atoms with van der Waals surface area (Å²) in [4.78, 5) is 22.7. The van der Waals surface area contributed by atoms with E-state index in [1.807, 2.05) is 24.3 Å². The summed E-state index contributed by atoms with van der Waals surface area (Å²) in [6.07, 6.45) is 0.208. The maximum Gasteiger partial charge on any atom is 0.425 e. The molecule has 4 rings (SSSR count). The third-order valence-corrected chi connectivity index (χ3v) is 4.70. The van der Waals surface area contributed by atoms with Gasteiger partial charge in [-0.3, -0.25) is 10.2 Å². The number of carbonyl (C=O) groups excluding carboxylic acids is 2. The molecule has 0 saturated heterocycles. The molecule has 0 aliphatic heterocycles. The maximum atomic E-state index is 12.1. The van der Waals surface area contributed by atoms with Crippen molar-refractivity contribution in [3.63, 3.8) is 0 Å². The molecule has 0 atom stereocenters. The van der Waals surface area contributed by atoms with Gasteiger partial charge < -0.3 is 4.74 Å². The van der Waals surface area contributed by atoms with Gasteiger partial charge in [-0.05, 0) is 46.5 Å². The highest BCUT2D eigenvalue weighted by Crippen LogP contribution is 2.44. The van der Waals surface area contributed by atoms with Crippen LogP contribution < -0.4 is 10.9 Å². The maximum absolute atomic E-state index is 12.1. The number of rotatable bonds is 5. The van der Waals surface area contributed by atoms with Gasteiger partial charge in [0.05, 0.1) is 5.69 Å². The summed E-state index contributed by atoms with van der Waals surface area (Å²) >= 11 is 0. The van der Waals surface area contributed by atoms with Crippen LogP contribution in [0.2, 0.25) is 0 Å². The molecule has 2 N–H and O–H groups in total. The third kappa shape index (κ3) is 3.40. The van der Waals surface area contributed by atoms with E-state index in [4.69, 9.17) is 4.74 Å². The van der Waals surface area contributed by atoms with Crippen LogP contribution in [0.25, 0.3) is 11.1 Å². The Morgan fingerprint density at radius 3 is 2.07 bits per heavy atom. The van der Waals surface area contributed by atoms with E-state index in [1.54, 1.807) is 24.3 Å². The number of hydrogen-bond acceptors (Lipinski definition) is 4. The summed E-state index contributed by atoms with van der Waals surface area (Å²) in [6.45, 7) is 0.256. The van der Waals surface area contributed by atoms with Crippen LogP contribution in [0.1, 0.15) is 27.4 Å². The Labute approximate surface area is 157 Å². The molecule has 27 heavy (non-hydrogen) atoms. The first-order valence-corrected chi connectivity index (χ1v) is 8.68. The first-order valence-electron chi connectivity index (χ1n) is 8.68. The molecule has 3 aromatic carbocycles. The molecular formula is C22H18N2O3. The van der Waals surface area contributed by atoms with Gasteiger partial charge in [-0.2, -0.15) is 0 Å². The summed E-state index contributed by atoms with van der Waals surface area (Å²) in [7, 11) is 0. The van der Waals surface area contributed by atoms with Gasteiger partial charge >= 0.3 is 6.09 Å². The lowest BCUT2D eigenvalue weighted by Crippen LogP contribution is -2.31. The number of carbonyl (C=O) groups is 2. The number of anilines is 1. The summed E-state index contributed by atoms with van der Waals surface area (Å²) in [5.74, 6) is 0.0232. The Hall–Kier alpha value is -3.60. The molecule has 1 amide bonds. The summed E-state index contributed by atoms with van der Waals surface area (Å²) in [5.41, 5.74) is 11.2. The topological polar surface area (TPSA) is 67.4 Å². The molecule has 0 unspecified atom stereocenters. The van der Waals surface area contributed by atoms with E-state index in [-0.39, 0.29) is 12.5 Å². The van der Waals surface area contributed by atoms with Gasteiger partial charge in [-0.25, -0.2) is 10.2 Å². The molecule has 1 aliphatic rings. The molecule has 0 heterocycles. The van der Waals surface area contributed by atoms with Crippen LogP contribution in [0.15, 0.2) is 72.8 Å². The van der Waals surface area contributed by atoms with Crippen LogP contribution in [0.5, 0.6) is 0 Å². The highest BCUT2D eigenvalue weighted by molar-refractivity contribution is 5.79. The van der Waals surface area contributed by atoms with Crippen LogP contribution in [0.4, 0.5) is 10.5 Å². The first-order chi connectivity index (χ1) is 13.3. The van der Waals surface area contributed by atoms with Crippen LogP contribution in [-0.4, -0.2) is 19.0 Å². The van der Waals surface area contributed by atoms with Crippen molar-refractivity contribution in [3.05, 3.63) is 89.5 Å². The smallest absolute Gasteiger partial charge is 0.425 e. The zero-order chi connectivity index (χ0) is 18.6. The average Bonchev–Trinajstić information content (AvgIpc) is 3.05. The fourth-order valence-electron chi connectivity index (χ4n) is 3.40. The molecular weight excluding hydrogens is 340 g/mol. The van der Waals surface area contributed by atoms with Gasteiger partial charge in [0.1, 0.15) is 12.9 Å². The summed E-state index contributed by atoms with van der Waals surface area (Å²) < 4.78 is 5.44. The fraction of sp³-hybridized carbons (Fsp3) is 0.0909. The third-order valence-electron chi connectivity index (χ3n) is 4.70. The monoisotopic (exact) mass is 358 g/mol. The number of hydrazine groups is 1. The summed E-state index contributed by atoms with van der Waals surface area (Å²) in [5, 5.41) is 0. The van der Waals surface area contributed by atoms with Crippen molar-refractivity contribution >= 4 is 18.1 Å². The number of benzene rings is 3. The van der Waals surface area contributed by atoms with Gasteiger partial charge in [0, 0.05) is 11.5 Å². The molecule has 0 aromatic heterocycles. The summed E-state index contributed by atoms with van der Waals surface area (Å²) in [6, 6.07) is 23.1. The van der Waals surface area contributed by atoms with Crippen molar-refractivity contribution in [1.82, 2.24) is 5.43 Å². The fourth-order valence-corrected chi connectivity index (χ4v) is 3.40. The van der Waals surface area contributed by atoms with Crippen molar-refractivity contribution in [1.29, 1.82) is 0 Å². The van der Waals surface area contributed by atoms with Crippen LogP contribution in [-0.2, 0) is 4.74 Å². The average molecular weight is 358 g/mol. The number of aldehydes is 1. The minimum absolute atomic E-state index is 0.0232. The Bertz CT molecular complexity index is 937. The van der Waals surface area contributed by atoms with Crippen LogP contribution in [0.3, 0.4) is 0 Å². The lowest BCUT2D eigenvalue weighted by Gasteiger charge is -2.15. The Morgan fingerprint density at radius 2 is 1.48 bits per heavy atom. The van der Waals surface area contributed by atoms with Crippen molar-refractivity contribution in [3.8, 4) is 11.1 Å². The minimum atomic E-state index is -0.559. The van der Waals surface area contributed by atoms with Crippen molar-refractivity contribution in [2.24, 2.45) is 0 Å². The Balaban J connectivity index is 1.39. The standard InChI is InChI=1S/C22H18N2O3/c25-13-15-9-11-16(12-10-15)23-24-22(26)27-14-21-19-7-3-1-5-17(19)18-6-2-4-8-20(18)21/h1-13,21,23H,14H2,(H,24,26). The molecule has 134 valence electrons. The van der Waals surface area contributed by atoms with E-state index in [1.165, 1.54) is 22.3 Å². The van der Waals surface area contributed by atoms with E-state index in [0.29, 0.717) is 11.3 Å². The van der Waals surface area contributed by atoms with Gasteiger partial charge in [-0.15, -0.1) is 0 Å². The van der Waals surface area contributed by atoms with Crippen LogP contribution in [0, 0.1) is 0 Å². The van der Waals surface area contributed by atoms with Crippen LogP contribution >= 0.6 is 0 Å². The molecule has 0 bridgehead atoms. The van der Waals surface area contributed by atoms with Crippen molar-refractivity contribution in [2.45, 2.75) is 5.92 Å². The predicted octanol–water partition coefficient (Wildman–Crippen LogP) is 4.36. The highest BCUT2D eigenvalue weighted by Gasteiger charge is 2.28. The Kier molecular flexibility index (Phi) is 4.58. The van der Waals surface area contributed by atoms with Crippen molar-refractivity contribution < 1.29 is 14.3 Å². The normalized spacial score (nSPS) is 12.0. The molecule has 0 spiro atoms. The number of ether oxygens (including phenoxy) is 1. The SMILES string of the molecule is O=Cc1ccc(NNC(=O)OCC2c3ccccc3-c3ccccc32)cc1. The number of hydrogen-bond donors (Lipinski definition) is 2. The second-order valence-electron chi connectivity index (χ2n) is 6.32. The largest absolute Gasteiger partial charge is 0.447 e. The lowest BCUT2D eigenvalue weighted by atomic mass is 9.98. The molecule has 5 nitrogen and oxygen atoms in total. The highest BCUT2D eigenvalue weighted by atomic mass is 16.6. The van der Waals surface area contributed by atoms with Gasteiger partial charge in [-0.1, -0.05) is 48.5 Å². The molecule has 0 fully saturated rings. The lowest BCUT2D eigenvalue weighted by molar-refractivity contribution is 0.112. The van der Waals surface area contributed by atoms with E-state index < -0.39 is 6.09 Å². The molecule has 0 radical (unpaired) electrons. The zero-order valence-electron chi connectivity index (χ0n) is 14.5. The van der Waals surface area contributed by atoms with Gasteiger partial charge in [0.15, 0.2) is 0 Å². The van der Waals surface area contributed by atoms with E-state index in [0.717, 1.165) is 6.29 Å². The zero-order valence-corrected chi connectivity index (χ0v) is 14.5. The molecule has 1 aliphatic carbocycles. The second-order valence-corrected chi connectivity index (χ2v) is 6.32. The van der Waals surface area contributed by atoms with E-state index in [9.17, 15) is 9.59 Å². The quantitative estimate of drug-likeness (QED) is 0.525. The molecule has 0 saturated carbocycles. The number of amides is 1. The Morgan fingerprint density at radius 1 is 0.889 bits per heavy atom. The van der Waals surface area contributed by atoms with Crippen molar-refractivity contribution in [2.75, 3.05) is 12.0 Å². The first kappa shape index (κ1) is 16.8.